The molecule has 0 radical (unpaired) electrons. The van der Waals surface area contributed by atoms with E-state index in [0.29, 0.717) is 0 Å². The van der Waals surface area contributed by atoms with Crippen LogP contribution in [-0.2, 0) is 6.42 Å². The molecule has 2 N–H and O–H groups in total. The predicted octanol–water partition coefficient (Wildman–Crippen LogP) is 3.39. The van der Waals surface area contributed by atoms with Crippen molar-refractivity contribution in [2.45, 2.75) is 32.8 Å². The van der Waals surface area contributed by atoms with Crippen molar-refractivity contribution in [2.24, 2.45) is 0 Å². The molecule has 1 aromatic carbocycles. The number of nitrogens with one attached hydrogen (secondary N) is 1. The van der Waals surface area contributed by atoms with Crippen molar-refractivity contribution in [3.63, 3.8) is 0 Å². The van der Waals surface area contributed by atoms with Gasteiger partial charge in [-0.1, -0.05) is 12.1 Å². The number of aryl methyl sites for hydroxylation is 1. The summed E-state index contributed by atoms with van der Waals surface area (Å²) < 4.78 is 5.63. The average molecular weight is 259 g/mol. The highest BCUT2D eigenvalue weighted by atomic mass is 16.5. The molecule has 102 valence electrons. The molecule has 0 aliphatic heterocycles. The number of aromatic nitrogens is 1. The number of aliphatic hydroxyl groups is 1. The molecule has 0 amide bonds. The van der Waals surface area contributed by atoms with E-state index in [-0.39, 0.29) is 12.7 Å². The Hall–Kier alpha value is -1.74. The number of H-pyrrole nitrogens is 1. The van der Waals surface area contributed by atoms with Gasteiger partial charge in [-0.2, -0.15) is 0 Å². The second-order valence-corrected chi connectivity index (χ2v) is 4.93. The molecule has 2 aromatic rings. The molecule has 2 rings (SSSR count). The molecule has 1 heterocycles. The molecular weight excluding hydrogens is 238 g/mol. The molecule has 0 unspecified atom stereocenters. The van der Waals surface area contributed by atoms with Gasteiger partial charge in [0.1, 0.15) is 5.75 Å². The van der Waals surface area contributed by atoms with E-state index in [1.54, 1.807) is 0 Å². The lowest BCUT2D eigenvalue weighted by atomic mass is 10.1. The van der Waals surface area contributed by atoms with Crippen LogP contribution in [0.4, 0.5) is 0 Å². The first-order chi connectivity index (χ1) is 9.19. The quantitative estimate of drug-likeness (QED) is 0.835. The van der Waals surface area contributed by atoms with Crippen LogP contribution in [0.2, 0.25) is 0 Å². The molecule has 0 atom stereocenters. The number of ether oxygens (including phenoxy) is 1. The third kappa shape index (κ3) is 3.86. The molecule has 3 nitrogen and oxygen atoms in total. The molecule has 0 spiro atoms. The molecule has 0 saturated carbocycles. The van der Waals surface area contributed by atoms with Crippen molar-refractivity contribution in [1.29, 1.82) is 0 Å². The fourth-order valence-corrected chi connectivity index (χ4v) is 2.02. The van der Waals surface area contributed by atoms with Crippen LogP contribution < -0.4 is 4.74 Å². The lowest BCUT2D eigenvalue weighted by Crippen LogP contribution is -2.05. The fourth-order valence-electron chi connectivity index (χ4n) is 2.02. The summed E-state index contributed by atoms with van der Waals surface area (Å²) in [4.78, 5) is 3.24. The second-order valence-electron chi connectivity index (χ2n) is 4.93. The van der Waals surface area contributed by atoms with Crippen LogP contribution in [0.25, 0.3) is 11.1 Å². The van der Waals surface area contributed by atoms with Gasteiger partial charge in [0.15, 0.2) is 0 Å². The topological polar surface area (TPSA) is 45.2 Å². The smallest absolute Gasteiger partial charge is 0.119 e. The van der Waals surface area contributed by atoms with Crippen molar-refractivity contribution in [3.8, 4) is 16.9 Å². The Bertz CT molecular complexity index is 500. The van der Waals surface area contributed by atoms with Crippen molar-refractivity contribution in [2.75, 3.05) is 6.61 Å². The molecule has 0 aliphatic rings. The summed E-state index contributed by atoms with van der Waals surface area (Å²) in [6, 6.07) is 10.3. The lowest BCUT2D eigenvalue weighted by Gasteiger charge is -2.09. The van der Waals surface area contributed by atoms with Crippen molar-refractivity contribution < 1.29 is 9.84 Å². The van der Waals surface area contributed by atoms with Crippen LogP contribution in [-0.4, -0.2) is 22.8 Å². The predicted molar refractivity (Wildman–Crippen MR) is 77.4 cm³/mol. The van der Waals surface area contributed by atoms with Gasteiger partial charge in [0.05, 0.1) is 6.10 Å². The van der Waals surface area contributed by atoms with Crippen LogP contribution in [0, 0.1) is 0 Å². The molecule has 1 aromatic heterocycles. The Balaban J connectivity index is 2.07. The Labute approximate surface area is 114 Å². The van der Waals surface area contributed by atoms with Gasteiger partial charge in [0, 0.05) is 18.5 Å². The van der Waals surface area contributed by atoms with E-state index >= 15 is 0 Å². The van der Waals surface area contributed by atoms with Gasteiger partial charge in [-0.3, -0.25) is 0 Å². The van der Waals surface area contributed by atoms with Crippen molar-refractivity contribution >= 4 is 0 Å². The minimum absolute atomic E-state index is 0.197. The zero-order valence-electron chi connectivity index (χ0n) is 11.5. The second kappa shape index (κ2) is 6.43. The maximum atomic E-state index is 8.83. The average Bonchev–Trinajstić information content (AvgIpc) is 2.85. The molecule has 3 heteroatoms. The normalized spacial score (nSPS) is 10.9. The molecule has 0 bridgehead atoms. The van der Waals surface area contributed by atoms with E-state index in [9.17, 15) is 0 Å². The minimum Gasteiger partial charge on any atom is -0.491 e. The van der Waals surface area contributed by atoms with Crippen molar-refractivity contribution in [1.82, 2.24) is 4.98 Å². The summed E-state index contributed by atoms with van der Waals surface area (Å²) in [5.41, 5.74) is 3.50. The Morgan fingerprint density at radius 3 is 2.53 bits per heavy atom. The highest BCUT2D eigenvalue weighted by Crippen LogP contribution is 2.24. The van der Waals surface area contributed by atoms with Crippen molar-refractivity contribution in [3.05, 3.63) is 42.2 Å². The number of benzene rings is 1. The third-order valence-electron chi connectivity index (χ3n) is 2.91. The Morgan fingerprint density at radius 2 is 1.89 bits per heavy atom. The van der Waals surface area contributed by atoms with E-state index in [1.165, 1.54) is 11.1 Å². The maximum Gasteiger partial charge on any atom is 0.119 e. The van der Waals surface area contributed by atoms with Gasteiger partial charge in [0.25, 0.3) is 0 Å². The number of rotatable bonds is 6. The van der Waals surface area contributed by atoms with Crippen LogP contribution in [0.3, 0.4) is 0 Å². The largest absolute Gasteiger partial charge is 0.491 e. The van der Waals surface area contributed by atoms with Crippen LogP contribution in [0.1, 0.15) is 26.0 Å². The van der Waals surface area contributed by atoms with Crippen LogP contribution in [0.15, 0.2) is 36.5 Å². The summed E-state index contributed by atoms with van der Waals surface area (Å²) in [6.45, 7) is 4.27. The third-order valence-corrected chi connectivity index (χ3v) is 2.91. The fraction of sp³-hybridized carbons (Fsp3) is 0.375. The Morgan fingerprint density at radius 1 is 1.16 bits per heavy atom. The van der Waals surface area contributed by atoms with Gasteiger partial charge < -0.3 is 14.8 Å². The zero-order valence-corrected chi connectivity index (χ0v) is 11.5. The van der Waals surface area contributed by atoms with Gasteiger partial charge in [-0.05, 0) is 56.0 Å². The van der Waals surface area contributed by atoms with Crippen LogP contribution >= 0.6 is 0 Å². The van der Waals surface area contributed by atoms with E-state index in [0.717, 1.165) is 24.3 Å². The van der Waals surface area contributed by atoms with E-state index in [1.807, 2.05) is 32.2 Å². The maximum absolute atomic E-state index is 8.83. The van der Waals surface area contributed by atoms with Crippen LogP contribution in [0.5, 0.6) is 5.75 Å². The first-order valence-corrected chi connectivity index (χ1v) is 6.74. The zero-order chi connectivity index (χ0) is 13.7. The molecular formula is C16H21NO2. The van der Waals surface area contributed by atoms with Gasteiger partial charge in [-0.15, -0.1) is 0 Å². The molecule has 0 saturated heterocycles. The summed E-state index contributed by atoms with van der Waals surface area (Å²) in [7, 11) is 0. The first kappa shape index (κ1) is 13.7. The summed E-state index contributed by atoms with van der Waals surface area (Å²) in [5.74, 6) is 0.898. The molecule has 19 heavy (non-hydrogen) atoms. The summed E-state index contributed by atoms with van der Waals surface area (Å²) in [5, 5.41) is 8.83. The number of hydrogen-bond donors (Lipinski definition) is 2. The number of aliphatic hydroxyl groups excluding tert-OH is 1. The SMILES string of the molecule is CC(C)Oc1ccc(-c2c[nH]c(CCCO)c2)cc1. The van der Waals surface area contributed by atoms with E-state index < -0.39 is 0 Å². The molecule has 0 aliphatic carbocycles. The van der Waals surface area contributed by atoms with E-state index in [2.05, 4.69) is 23.2 Å². The number of hydrogen-bond acceptors (Lipinski definition) is 2. The lowest BCUT2D eigenvalue weighted by molar-refractivity contribution is 0.242. The van der Waals surface area contributed by atoms with E-state index in [4.69, 9.17) is 9.84 Å². The minimum atomic E-state index is 0.197. The highest BCUT2D eigenvalue weighted by Gasteiger charge is 2.03. The van der Waals surface area contributed by atoms with Gasteiger partial charge in [0.2, 0.25) is 0 Å². The van der Waals surface area contributed by atoms with Gasteiger partial charge in [-0.25, -0.2) is 0 Å². The Kier molecular flexibility index (Phi) is 4.63. The first-order valence-electron chi connectivity index (χ1n) is 6.74. The monoisotopic (exact) mass is 259 g/mol. The summed E-state index contributed by atoms with van der Waals surface area (Å²) >= 11 is 0. The highest BCUT2D eigenvalue weighted by molar-refractivity contribution is 5.64. The van der Waals surface area contributed by atoms with Gasteiger partial charge >= 0.3 is 0 Å². The summed E-state index contributed by atoms with van der Waals surface area (Å²) in [6.07, 6.45) is 3.88. The standard InChI is InChI=1S/C16H21NO2/c1-12(2)19-16-7-5-13(6-8-16)14-10-15(17-11-14)4-3-9-18/h5-8,10-12,17-18H,3-4,9H2,1-2H3. The molecule has 0 fully saturated rings. The number of aromatic amines is 1.